The lowest BCUT2D eigenvalue weighted by atomic mass is 9.86. The number of rotatable bonds is 9. The van der Waals surface area contributed by atoms with Gasteiger partial charge in [0.15, 0.2) is 0 Å². The van der Waals surface area contributed by atoms with Crippen LogP contribution in [-0.4, -0.2) is 62.6 Å². The van der Waals surface area contributed by atoms with Gasteiger partial charge in [0.05, 0.1) is 13.2 Å². The molecule has 1 fully saturated rings. The number of hydrogen-bond donors (Lipinski definition) is 2. The van der Waals surface area contributed by atoms with Crippen LogP contribution in [0, 0.1) is 5.41 Å². The molecule has 0 bridgehead atoms. The van der Waals surface area contributed by atoms with Crippen LogP contribution in [0.15, 0.2) is 0 Å². The number of nitrogens with zero attached hydrogens (tertiary/aromatic N) is 1. The molecule has 4 nitrogen and oxygen atoms in total. The van der Waals surface area contributed by atoms with E-state index in [1.807, 2.05) is 0 Å². The topological polar surface area (TPSA) is 44.7 Å². The number of nitrogens with one attached hydrogen (secondary N) is 1. The second-order valence-corrected chi connectivity index (χ2v) is 5.08. The van der Waals surface area contributed by atoms with Gasteiger partial charge in [0.1, 0.15) is 0 Å². The molecule has 0 spiro atoms. The zero-order valence-electron chi connectivity index (χ0n) is 11.4. The highest BCUT2D eigenvalue weighted by Gasteiger charge is 2.35. The van der Waals surface area contributed by atoms with Gasteiger partial charge in [0.25, 0.3) is 0 Å². The summed E-state index contributed by atoms with van der Waals surface area (Å²) < 4.78 is 5.59. The van der Waals surface area contributed by atoms with Crippen LogP contribution >= 0.6 is 0 Å². The molecule has 0 aromatic carbocycles. The summed E-state index contributed by atoms with van der Waals surface area (Å²) in [4.78, 5) is 2.37. The summed E-state index contributed by atoms with van der Waals surface area (Å²) in [5.74, 6) is 0. The van der Waals surface area contributed by atoms with Gasteiger partial charge < -0.3 is 20.1 Å². The van der Waals surface area contributed by atoms with Gasteiger partial charge in [-0.25, -0.2) is 0 Å². The Kier molecular flexibility index (Phi) is 7.04. The Morgan fingerprint density at radius 1 is 1.35 bits per heavy atom. The molecule has 1 heterocycles. The highest BCUT2D eigenvalue weighted by molar-refractivity contribution is 4.88. The van der Waals surface area contributed by atoms with Gasteiger partial charge in [0.2, 0.25) is 0 Å². The Morgan fingerprint density at radius 3 is 2.71 bits per heavy atom. The monoisotopic (exact) mass is 244 g/mol. The van der Waals surface area contributed by atoms with E-state index in [-0.39, 0.29) is 12.0 Å². The largest absolute Gasteiger partial charge is 0.395 e. The quantitative estimate of drug-likeness (QED) is 0.627. The highest BCUT2D eigenvalue weighted by atomic mass is 16.5. The minimum absolute atomic E-state index is 0.248. The molecule has 0 aromatic heterocycles. The van der Waals surface area contributed by atoms with Crippen molar-refractivity contribution in [3.05, 3.63) is 0 Å². The molecule has 0 aromatic rings. The van der Waals surface area contributed by atoms with E-state index in [1.54, 1.807) is 0 Å². The average Bonchev–Trinajstić information content (AvgIpc) is 2.76. The van der Waals surface area contributed by atoms with Crippen LogP contribution in [0.1, 0.15) is 26.7 Å². The predicted molar refractivity (Wildman–Crippen MR) is 70.2 cm³/mol. The van der Waals surface area contributed by atoms with Gasteiger partial charge >= 0.3 is 0 Å². The fourth-order valence-corrected chi connectivity index (χ4v) is 2.56. The molecule has 0 radical (unpaired) electrons. The molecule has 0 amide bonds. The minimum atomic E-state index is 0.248. The van der Waals surface area contributed by atoms with Gasteiger partial charge in [0, 0.05) is 31.7 Å². The van der Waals surface area contributed by atoms with Gasteiger partial charge in [-0.1, -0.05) is 13.8 Å². The van der Waals surface area contributed by atoms with Gasteiger partial charge in [-0.15, -0.1) is 0 Å². The maximum absolute atomic E-state index is 9.11. The smallest absolute Gasteiger partial charge is 0.0558 e. The van der Waals surface area contributed by atoms with Crippen molar-refractivity contribution in [2.24, 2.45) is 5.41 Å². The van der Waals surface area contributed by atoms with Crippen molar-refractivity contribution >= 4 is 0 Å². The standard InChI is InChI=1S/C13H28N2O2/c1-3-6-15(7-8-16)11-13(10-14-4-2)5-9-17-12-13/h14,16H,3-12H2,1-2H3. The zero-order valence-corrected chi connectivity index (χ0v) is 11.4. The summed E-state index contributed by atoms with van der Waals surface area (Å²) in [6.07, 6.45) is 2.27. The van der Waals surface area contributed by atoms with Gasteiger partial charge in [-0.2, -0.15) is 0 Å². The third kappa shape index (κ3) is 4.92. The first-order valence-corrected chi connectivity index (χ1v) is 6.88. The number of aliphatic hydroxyl groups excluding tert-OH is 1. The minimum Gasteiger partial charge on any atom is -0.395 e. The molecule has 0 aliphatic carbocycles. The molecule has 1 aliphatic rings. The fourth-order valence-electron chi connectivity index (χ4n) is 2.56. The van der Waals surface area contributed by atoms with Crippen molar-refractivity contribution in [2.45, 2.75) is 26.7 Å². The van der Waals surface area contributed by atoms with Crippen LogP contribution in [0.25, 0.3) is 0 Å². The first kappa shape index (κ1) is 14.9. The van der Waals surface area contributed by atoms with Crippen LogP contribution in [0.4, 0.5) is 0 Å². The molecule has 0 saturated carbocycles. The summed E-state index contributed by atoms with van der Waals surface area (Å²) in [7, 11) is 0. The van der Waals surface area contributed by atoms with E-state index in [9.17, 15) is 0 Å². The average molecular weight is 244 g/mol. The molecule has 1 saturated heterocycles. The normalized spacial score (nSPS) is 24.7. The number of aliphatic hydroxyl groups is 1. The Hall–Kier alpha value is -0.160. The number of ether oxygens (including phenoxy) is 1. The molecule has 2 N–H and O–H groups in total. The molecule has 102 valence electrons. The van der Waals surface area contributed by atoms with Crippen molar-refractivity contribution < 1.29 is 9.84 Å². The summed E-state index contributed by atoms with van der Waals surface area (Å²) in [5, 5.41) is 12.6. The van der Waals surface area contributed by atoms with E-state index in [4.69, 9.17) is 9.84 Å². The third-order valence-electron chi connectivity index (χ3n) is 3.45. The van der Waals surface area contributed by atoms with E-state index in [0.717, 1.165) is 58.8 Å². The van der Waals surface area contributed by atoms with E-state index in [2.05, 4.69) is 24.1 Å². The lowest BCUT2D eigenvalue weighted by molar-refractivity contribution is 0.0971. The van der Waals surface area contributed by atoms with Crippen molar-refractivity contribution in [3.63, 3.8) is 0 Å². The Labute approximate surface area is 105 Å². The lowest BCUT2D eigenvalue weighted by Gasteiger charge is -2.34. The molecular weight excluding hydrogens is 216 g/mol. The molecule has 17 heavy (non-hydrogen) atoms. The van der Waals surface area contributed by atoms with E-state index < -0.39 is 0 Å². The summed E-state index contributed by atoms with van der Waals surface area (Å²) in [6.45, 7) is 11.2. The van der Waals surface area contributed by atoms with Gasteiger partial charge in [-0.05, 0) is 25.9 Å². The van der Waals surface area contributed by atoms with E-state index in [0.29, 0.717) is 0 Å². The van der Waals surface area contributed by atoms with Crippen LogP contribution in [-0.2, 0) is 4.74 Å². The lowest BCUT2D eigenvalue weighted by Crippen LogP contribution is -2.45. The summed E-state index contributed by atoms with van der Waals surface area (Å²) in [6, 6.07) is 0. The van der Waals surface area contributed by atoms with Crippen molar-refractivity contribution in [1.29, 1.82) is 0 Å². The first-order chi connectivity index (χ1) is 8.26. The molecule has 1 atom stereocenters. The zero-order chi connectivity index (χ0) is 12.6. The Balaban J connectivity index is 2.50. The van der Waals surface area contributed by atoms with Crippen molar-refractivity contribution in [1.82, 2.24) is 10.2 Å². The first-order valence-electron chi connectivity index (χ1n) is 6.88. The molecule has 1 unspecified atom stereocenters. The molecule has 1 aliphatic heterocycles. The molecule has 4 heteroatoms. The maximum Gasteiger partial charge on any atom is 0.0558 e. The second-order valence-electron chi connectivity index (χ2n) is 5.08. The Bertz CT molecular complexity index is 188. The number of hydrogen-bond acceptors (Lipinski definition) is 4. The molecule has 1 rings (SSSR count). The van der Waals surface area contributed by atoms with Crippen molar-refractivity contribution in [2.75, 3.05) is 52.5 Å². The van der Waals surface area contributed by atoms with Crippen LogP contribution in [0.3, 0.4) is 0 Å². The third-order valence-corrected chi connectivity index (χ3v) is 3.45. The molecular formula is C13H28N2O2. The SMILES string of the molecule is CCCN(CCO)CC1(CNCC)CCOC1. The van der Waals surface area contributed by atoms with E-state index >= 15 is 0 Å². The Morgan fingerprint density at radius 2 is 2.18 bits per heavy atom. The maximum atomic E-state index is 9.11. The summed E-state index contributed by atoms with van der Waals surface area (Å²) >= 11 is 0. The highest BCUT2D eigenvalue weighted by Crippen LogP contribution is 2.29. The van der Waals surface area contributed by atoms with Crippen molar-refractivity contribution in [3.8, 4) is 0 Å². The second kappa shape index (κ2) is 8.03. The fraction of sp³-hybridized carbons (Fsp3) is 1.00. The van der Waals surface area contributed by atoms with E-state index in [1.165, 1.54) is 0 Å². The summed E-state index contributed by atoms with van der Waals surface area (Å²) in [5.41, 5.74) is 0.250. The van der Waals surface area contributed by atoms with Crippen LogP contribution in [0.2, 0.25) is 0 Å². The van der Waals surface area contributed by atoms with Gasteiger partial charge in [-0.3, -0.25) is 0 Å². The van der Waals surface area contributed by atoms with Crippen LogP contribution < -0.4 is 5.32 Å². The van der Waals surface area contributed by atoms with Crippen LogP contribution in [0.5, 0.6) is 0 Å². The predicted octanol–water partition coefficient (Wildman–Crippen LogP) is 0.707.